The van der Waals surface area contributed by atoms with Crippen LogP contribution in [0.3, 0.4) is 0 Å². The standard InChI is InChI=1S/C12H20O2.C8H14O/c1-4-14-11(13)9-10-5-7-12(2,3)8-6-10;1-8(2)5-3-7(9)4-6-8/h9H,4-8H2,1-3H3;3-6H2,1-2H3. The fraction of sp³-hybridized carbons (Fsp3) is 0.800. The first-order valence-electron chi connectivity index (χ1n) is 9.01. The van der Waals surface area contributed by atoms with E-state index in [2.05, 4.69) is 27.7 Å². The third kappa shape index (κ3) is 8.34. The zero-order chi connectivity index (χ0) is 17.5. The monoisotopic (exact) mass is 322 g/mol. The van der Waals surface area contributed by atoms with Crippen molar-refractivity contribution in [2.45, 2.75) is 86.0 Å². The minimum Gasteiger partial charge on any atom is -0.463 e. The van der Waals surface area contributed by atoms with Gasteiger partial charge >= 0.3 is 5.97 Å². The maximum Gasteiger partial charge on any atom is 0.330 e. The SMILES string of the molecule is CC1(C)CCC(=O)CC1.CCOC(=O)C=C1CCC(C)(C)CC1. The smallest absolute Gasteiger partial charge is 0.330 e. The van der Waals surface area contributed by atoms with Crippen molar-refractivity contribution >= 4 is 11.8 Å². The summed E-state index contributed by atoms with van der Waals surface area (Å²) in [6.07, 6.45) is 9.94. The molecule has 0 aliphatic heterocycles. The van der Waals surface area contributed by atoms with E-state index in [9.17, 15) is 9.59 Å². The van der Waals surface area contributed by atoms with Gasteiger partial charge in [0.05, 0.1) is 6.61 Å². The van der Waals surface area contributed by atoms with Crippen molar-refractivity contribution in [3.05, 3.63) is 11.6 Å². The van der Waals surface area contributed by atoms with Gasteiger partial charge in [-0.05, 0) is 56.3 Å². The highest BCUT2D eigenvalue weighted by molar-refractivity contribution is 5.82. The molecule has 0 spiro atoms. The maximum absolute atomic E-state index is 11.2. The number of allylic oxidation sites excluding steroid dienone is 1. The number of ketones is 1. The predicted molar refractivity (Wildman–Crippen MR) is 94.2 cm³/mol. The van der Waals surface area contributed by atoms with Crippen molar-refractivity contribution in [1.29, 1.82) is 0 Å². The molecule has 0 N–H and O–H groups in total. The summed E-state index contributed by atoms with van der Waals surface area (Å²) in [5.41, 5.74) is 2.14. The van der Waals surface area contributed by atoms with Crippen molar-refractivity contribution in [3.63, 3.8) is 0 Å². The number of Topliss-reactive ketones (excluding diaryl/α,β-unsaturated/α-hetero) is 1. The Labute approximate surface area is 141 Å². The Morgan fingerprint density at radius 3 is 1.78 bits per heavy atom. The van der Waals surface area contributed by atoms with Crippen molar-refractivity contribution in [1.82, 2.24) is 0 Å². The second-order valence-corrected chi connectivity index (χ2v) is 8.42. The fourth-order valence-corrected chi connectivity index (χ4v) is 2.95. The van der Waals surface area contributed by atoms with E-state index >= 15 is 0 Å². The number of hydrogen-bond acceptors (Lipinski definition) is 3. The van der Waals surface area contributed by atoms with E-state index in [1.54, 1.807) is 6.08 Å². The molecule has 2 fully saturated rings. The highest BCUT2D eigenvalue weighted by Crippen LogP contribution is 2.37. The highest BCUT2D eigenvalue weighted by Gasteiger charge is 2.25. The van der Waals surface area contributed by atoms with Crippen molar-refractivity contribution in [2.75, 3.05) is 6.61 Å². The molecule has 3 nitrogen and oxygen atoms in total. The molecule has 0 aromatic heterocycles. The second-order valence-electron chi connectivity index (χ2n) is 8.42. The van der Waals surface area contributed by atoms with Gasteiger partial charge in [-0.25, -0.2) is 4.79 Å². The minimum absolute atomic E-state index is 0.179. The van der Waals surface area contributed by atoms with Crippen molar-refractivity contribution < 1.29 is 14.3 Å². The minimum atomic E-state index is -0.179. The third-order valence-corrected chi connectivity index (χ3v) is 5.02. The number of hydrogen-bond donors (Lipinski definition) is 0. The molecule has 0 atom stereocenters. The second kappa shape index (κ2) is 8.65. The molecule has 2 aliphatic carbocycles. The van der Waals surface area contributed by atoms with Crippen LogP contribution >= 0.6 is 0 Å². The van der Waals surface area contributed by atoms with E-state index in [-0.39, 0.29) is 5.97 Å². The molecule has 2 rings (SSSR count). The predicted octanol–water partition coefficient (Wildman–Crippen LogP) is 5.23. The van der Waals surface area contributed by atoms with E-state index in [0.717, 1.165) is 38.5 Å². The number of esters is 1. The van der Waals surface area contributed by atoms with Crippen LogP contribution in [0.15, 0.2) is 11.6 Å². The molecule has 0 amide bonds. The molecule has 0 saturated heterocycles. The first-order chi connectivity index (χ1) is 10.6. The number of ether oxygens (including phenoxy) is 1. The van der Waals surface area contributed by atoms with Gasteiger partial charge in [-0.3, -0.25) is 4.79 Å². The number of rotatable bonds is 2. The van der Waals surface area contributed by atoms with Crippen LogP contribution in [-0.2, 0) is 14.3 Å². The zero-order valence-electron chi connectivity index (χ0n) is 15.7. The first kappa shape index (κ1) is 19.9. The van der Waals surface area contributed by atoms with Crippen molar-refractivity contribution in [2.24, 2.45) is 10.8 Å². The number of carbonyl (C=O) groups excluding carboxylic acids is 2. The lowest BCUT2D eigenvalue weighted by Crippen LogP contribution is -2.20. The zero-order valence-corrected chi connectivity index (χ0v) is 15.7. The lowest BCUT2D eigenvalue weighted by atomic mass is 9.75. The Morgan fingerprint density at radius 2 is 1.39 bits per heavy atom. The van der Waals surface area contributed by atoms with Crippen LogP contribution in [0.2, 0.25) is 0 Å². The molecule has 2 aliphatic rings. The molecule has 0 unspecified atom stereocenters. The van der Waals surface area contributed by atoms with Crippen molar-refractivity contribution in [3.8, 4) is 0 Å². The summed E-state index contributed by atoms with van der Waals surface area (Å²) in [6, 6.07) is 0. The van der Waals surface area contributed by atoms with Crippen LogP contribution < -0.4 is 0 Å². The van der Waals surface area contributed by atoms with Gasteiger partial charge in [0.2, 0.25) is 0 Å². The van der Waals surface area contributed by atoms with Crippen LogP contribution in [0.5, 0.6) is 0 Å². The summed E-state index contributed by atoms with van der Waals surface area (Å²) >= 11 is 0. The van der Waals surface area contributed by atoms with E-state index < -0.39 is 0 Å². The van der Waals surface area contributed by atoms with E-state index in [0.29, 0.717) is 23.2 Å². The first-order valence-corrected chi connectivity index (χ1v) is 9.01. The molecule has 23 heavy (non-hydrogen) atoms. The van der Waals surface area contributed by atoms with Gasteiger partial charge in [0.25, 0.3) is 0 Å². The summed E-state index contributed by atoms with van der Waals surface area (Å²) in [5.74, 6) is 0.275. The number of carbonyl (C=O) groups is 2. The third-order valence-electron chi connectivity index (χ3n) is 5.02. The Morgan fingerprint density at radius 1 is 0.957 bits per heavy atom. The quantitative estimate of drug-likeness (QED) is 0.516. The average molecular weight is 322 g/mol. The summed E-state index contributed by atoms with van der Waals surface area (Å²) in [6.45, 7) is 11.3. The average Bonchev–Trinajstić information content (AvgIpc) is 2.46. The van der Waals surface area contributed by atoms with E-state index in [1.165, 1.54) is 18.4 Å². The van der Waals surface area contributed by atoms with Crippen LogP contribution in [0, 0.1) is 10.8 Å². The maximum atomic E-state index is 11.2. The molecule has 2 saturated carbocycles. The normalized spacial score (nSPS) is 22.7. The van der Waals surface area contributed by atoms with Crippen LogP contribution in [0.4, 0.5) is 0 Å². The molecular weight excluding hydrogens is 288 g/mol. The Balaban J connectivity index is 0.000000253. The molecule has 0 bridgehead atoms. The topological polar surface area (TPSA) is 43.4 Å². The summed E-state index contributed by atoms with van der Waals surface area (Å²) in [5, 5.41) is 0. The van der Waals surface area contributed by atoms with Crippen LogP contribution in [-0.4, -0.2) is 18.4 Å². The van der Waals surface area contributed by atoms with Gasteiger partial charge in [-0.15, -0.1) is 0 Å². The molecule has 0 heterocycles. The van der Waals surface area contributed by atoms with Crippen LogP contribution in [0.25, 0.3) is 0 Å². The summed E-state index contributed by atoms with van der Waals surface area (Å²) in [7, 11) is 0. The molecule has 132 valence electrons. The van der Waals surface area contributed by atoms with Gasteiger partial charge in [0.15, 0.2) is 0 Å². The highest BCUT2D eigenvalue weighted by atomic mass is 16.5. The van der Waals surface area contributed by atoms with Gasteiger partial charge < -0.3 is 4.74 Å². The van der Waals surface area contributed by atoms with Crippen LogP contribution in [0.1, 0.15) is 86.0 Å². The Hall–Kier alpha value is -1.12. The van der Waals surface area contributed by atoms with E-state index in [1.807, 2.05) is 6.92 Å². The van der Waals surface area contributed by atoms with Gasteiger partial charge in [0.1, 0.15) is 5.78 Å². The molecule has 0 aromatic carbocycles. The Bertz CT molecular complexity index is 420. The summed E-state index contributed by atoms with van der Waals surface area (Å²) < 4.78 is 4.88. The van der Waals surface area contributed by atoms with Gasteiger partial charge in [-0.2, -0.15) is 0 Å². The molecular formula is C20H34O3. The van der Waals surface area contributed by atoms with E-state index in [4.69, 9.17) is 4.74 Å². The lowest BCUT2D eigenvalue weighted by Gasteiger charge is -2.30. The summed E-state index contributed by atoms with van der Waals surface area (Å²) in [4.78, 5) is 21.9. The Kier molecular flexibility index (Phi) is 7.50. The van der Waals surface area contributed by atoms with Gasteiger partial charge in [0, 0.05) is 18.9 Å². The molecule has 3 heteroatoms. The fourth-order valence-electron chi connectivity index (χ4n) is 2.95. The molecule has 0 radical (unpaired) electrons. The molecule has 0 aromatic rings. The van der Waals surface area contributed by atoms with Gasteiger partial charge in [-0.1, -0.05) is 33.3 Å². The lowest BCUT2D eigenvalue weighted by molar-refractivity contribution is -0.137. The largest absolute Gasteiger partial charge is 0.463 e.